The van der Waals surface area contributed by atoms with Gasteiger partial charge < -0.3 is 29.9 Å². The Morgan fingerprint density at radius 3 is 2.69 bits per heavy atom. The second-order valence-corrected chi connectivity index (χ2v) is 6.19. The van der Waals surface area contributed by atoms with Crippen LogP contribution in [0.4, 0.5) is 9.59 Å². The molecular weight excluding hydrogens is 340 g/mol. The van der Waals surface area contributed by atoms with Crippen LogP contribution in [0.25, 0.3) is 0 Å². The minimum atomic E-state index is -0.620. The van der Waals surface area contributed by atoms with Crippen LogP contribution in [0, 0.1) is 0 Å². The van der Waals surface area contributed by atoms with Crippen molar-refractivity contribution in [1.82, 2.24) is 10.2 Å². The molecule has 1 heterocycles. The van der Waals surface area contributed by atoms with Crippen molar-refractivity contribution in [2.45, 2.75) is 38.0 Å². The Bertz CT molecular complexity index is 568. The summed E-state index contributed by atoms with van der Waals surface area (Å²) >= 11 is 0. The Morgan fingerprint density at radius 2 is 1.96 bits per heavy atom. The number of aliphatic hydroxyl groups is 2. The largest absolute Gasteiger partial charge is 0.449 e. The van der Waals surface area contributed by atoms with Crippen molar-refractivity contribution in [2.75, 3.05) is 26.3 Å². The third-order valence-corrected chi connectivity index (χ3v) is 4.12. The van der Waals surface area contributed by atoms with Gasteiger partial charge in [0.25, 0.3) is 0 Å². The van der Waals surface area contributed by atoms with E-state index in [2.05, 4.69) is 5.32 Å². The quantitative estimate of drug-likeness (QED) is 0.598. The van der Waals surface area contributed by atoms with Gasteiger partial charge in [-0.15, -0.1) is 0 Å². The highest BCUT2D eigenvalue weighted by molar-refractivity contribution is 5.68. The van der Waals surface area contributed by atoms with Gasteiger partial charge in [-0.3, -0.25) is 0 Å². The number of benzene rings is 1. The third kappa shape index (κ3) is 6.53. The molecule has 1 fully saturated rings. The molecule has 3 N–H and O–H groups in total. The summed E-state index contributed by atoms with van der Waals surface area (Å²) in [4.78, 5) is 24.8. The highest BCUT2D eigenvalue weighted by Gasteiger charge is 2.34. The minimum Gasteiger partial charge on any atom is -0.449 e. The predicted octanol–water partition coefficient (Wildman–Crippen LogP) is 1.26. The Kier molecular flexibility index (Phi) is 8.17. The van der Waals surface area contributed by atoms with E-state index in [1.54, 1.807) is 0 Å². The summed E-state index contributed by atoms with van der Waals surface area (Å²) in [5.74, 6) is 0. The number of amides is 2. The van der Waals surface area contributed by atoms with Crippen molar-refractivity contribution >= 4 is 12.2 Å². The Hall–Kier alpha value is -2.32. The zero-order valence-corrected chi connectivity index (χ0v) is 14.7. The number of rotatable bonds is 8. The number of hydrogen-bond donors (Lipinski definition) is 3. The van der Waals surface area contributed by atoms with Crippen LogP contribution in [0.3, 0.4) is 0 Å². The van der Waals surface area contributed by atoms with E-state index in [1.165, 1.54) is 4.90 Å². The maximum Gasteiger partial charge on any atom is 0.410 e. The topological polar surface area (TPSA) is 108 Å². The molecule has 1 aromatic rings. The molecule has 2 amide bonds. The molecule has 0 saturated carbocycles. The van der Waals surface area contributed by atoms with Gasteiger partial charge in [-0.05, 0) is 24.8 Å². The standard InChI is InChI=1S/C18H26N2O6/c21-12-15-10-16(22)11-20(15)18(24)25-9-5-4-8-19-17(23)26-13-14-6-2-1-3-7-14/h1-3,6-7,15-16,21-22H,4-5,8-13H2,(H,19,23)/t15-,16+/m0/s1. The minimum absolute atomic E-state index is 0.179. The molecule has 1 aliphatic heterocycles. The first kappa shape index (κ1) is 20.0. The lowest BCUT2D eigenvalue weighted by Crippen LogP contribution is -2.38. The summed E-state index contributed by atoms with van der Waals surface area (Å²) in [5, 5.41) is 21.4. The van der Waals surface area contributed by atoms with Crippen LogP contribution < -0.4 is 5.32 Å². The van der Waals surface area contributed by atoms with Crippen LogP contribution in [0.15, 0.2) is 30.3 Å². The van der Waals surface area contributed by atoms with E-state index in [-0.39, 0.29) is 26.4 Å². The molecule has 8 nitrogen and oxygen atoms in total. The van der Waals surface area contributed by atoms with E-state index in [0.717, 1.165) is 5.56 Å². The molecule has 2 rings (SSSR count). The summed E-state index contributed by atoms with van der Waals surface area (Å²) in [5.41, 5.74) is 0.919. The molecule has 0 radical (unpaired) electrons. The Morgan fingerprint density at radius 1 is 1.19 bits per heavy atom. The molecule has 2 atom stereocenters. The SMILES string of the molecule is O=C(NCCCCOC(=O)N1C[C@H](O)C[C@H]1CO)OCc1ccccc1. The van der Waals surface area contributed by atoms with Crippen LogP contribution in [-0.2, 0) is 16.1 Å². The molecule has 1 aliphatic rings. The third-order valence-electron chi connectivity index (χ3n) is 4.12. The van der Waals surface area contributed by atoms with E-state index < -0.39 is 24.3 Å². The maximum atomic E-state index is 11.9. The normalized spacial score (nSPS) is 19.2. The molecule has 1 saturated heterocycles. The molecule has 0 spiro atoms. The molecule has 0 unspecified atom stereocenters. The first-order chi connectivity index (χ1) is 12.6. The van der Waals surface area contributed by atoms with E-state index in [0.29, 0.717) is 25.8 Å². The van der Waals surface area contributed by atoms with Crippen molar-refractivity contribution in [3.63, 3.8) is 0 Å². The first-order valence-electron chi connectivity index (χ1n) is 8.77. The van der Waals surface area contributed by atoms with E-state index in [9.17, 15) is 19.8 Å². The number of aliphatic hydroxyl groups excluding tert-OH is 2. The van der Waals surface area contributed by atoms with Gasteiger partial charge in [-0.2, -0.15) is 0 Å². The van der Waals surface area contributed by atoms with Gasteiger partial charge in [0.2, 0.25) is 0 Å². The average molecular weight is 366 g/mol. The lowest BCUT2D eigenvalue weighted by atomic mass is 10.2. The van der Waals surface area contributed by atoms with Crippen LogP contribution >= 0.6 is 0 Å². The van der Waals surface area contributed by atoms with Crippen LogP contribution in [0.1, 0.15) is 24.8 Å². The molecule has 0 aliphatic carbocycles. The molecule has 0 aromatic heterocycles. The molecule has 1 aromatic carbocycles. The van der Waals surface area contributed by atoms with E-state index >= 15 is 0 Å². The maximum absolute atomic E-state index is 11.9. The van der Waals surface area contributed by atoms with Gasteiger partial charge in [0.05, 0.1) is 31.9 Å². The highest BCUT2D eigenvalue weighted by Crippen LogP contribution is 2.18. The second-order valence-electron chi connectivity index (χ2n) is 6.19. The number of unbranched alkanes of at least 4 members (excludes halogenated alkanes) is 1. The first-order valence-corrected chi connectivity index (χ1v) is 8.77. The van der Waals surface area contributed by atoms with Gasteiger partial charge in [-0.25, -0.2) is 9.59 Å². The number of alkyl carbamates (subject to hydrolysis) is 1. The number of nitrogens with zero attached hydrogens (tertiary/aromatic N) is 1. The summed E-state index contributed by atoms with van der Waals surface area (Å²) in [6.45, 7) is 0.842. The fourth-order valence-corrected chi connectivity index (χ4v) is 2.72. The van der Waals surface area contributed by atoms with E-state index in [4.69, 9.17) is 9.47 Å². The number of carbonyl (C=O) groups is 2. The lowest BCUT2D eigenvalue weighted by Gasteiger charge is -2.21. The molecule has 0 bridgehead atoms. The fourth-order valence-electron chi connectivity index (χ4n) is 2.72. The average Bonchev–Trinajstić information content (AvgIpc) is 3.04. The second kappa shape index (κ2) is 10.6. The number of hydrogen-bond acceptors (Lipinski definition) is 6. The van der Waals surface area contributed by atoms with Crippen LogP contribution in [-0.4, -0.2) is 65.7 Å². The van der Waals surface area contributed by atoms with Gasteiger partial charge in [0.1, 0.15) is 6.61 Å². The van der Waals surface area contributed by atoms with Crippen LogP contribution in [0.5, 0.6) is 0 Å². The summed E-state index contributed by atoms with van der Waals surface area (Å²) in [6.07, 6.45) is -0.0463. The van der Waals surface area contributed by atoms with Gasteiger partial charge in [0.15, 0.2) is 0 Å². The highest BCUT2D eigenvalue weighted by atomic mass is 16.6. The van der Waals surface area contributed by atoms with Gasteiger partial charge >= 0.3 is 12.2 Å². The lowest BCUT2D eigenvalue weighted by molar-refractivity contribution is 0.0809. The van der Waals surface area contributed by atoms with Gasteiger partial charge in [0, 0.05) is 6.54 Å². The smallest absolute Gasteiger partial charge is 0.410 e. The number of nitrogens with one attached hydrogen (secondary N) is 1. The Balaban J connectivity index is 1.51. The van der Waals surface area contributed by atoms with Crippen molar-refractivity contribution in [3.8, 4) is 0 Å². The molecule has 26 heavy (non-hydrogen) atoms. The zero-order valence-electron chi connectivity index (χ0n) is 14.7. The van der Waals surface area contributed by atoms with Crippen molar-refractivity contribution in [1.29, 1.82) is 0 Å². The summed E-state index contributed by atoms with van der Waals surface area (Å²) in [6, 6.07) is 9.02. The van der Waals surface area contributed by atoms with Crippen LogP contribution in [0.2, 0.25) is 0 Å². The number of β-amino-alcohol motifs (C(OH)–C–C–N with tert-alkyl or cyclic N) is 1. The molecule has 144 valence electrons. The Labute approximate surface area is 152 Å². The number of carbonyl (C=O) groups excluding carboxylic acids is 2. The van der Waals surface area contributed by atoms with Crippen molar-refractivity contribution < 1.29 is 29.3 Å². The zero-order chi connectivity index (χ0) is 18.8. The summed E-state index contributed by atoms with van der Waals surface area (Å²) < 4.78 is 10.2. The molecule has 8 heteroatoms. The van der Waals surface area contributed by atoms with E-state index in [1.807, 2.05) is 30.3 Å². The predicted molar refractivity (Wildman–Crippen MR) is 93.4 cm³/mol. The number of ether oxygens (including phenoxy) is 2. The van der Waals surface area contributed by atoms with Crippen molar-refractivity contribution in [3.05, 3.63) is 35.9 Å². The fraction of sp³-hybridized carbons (Fsp3) is 0.556. The van der Waals surface area contributed by atoms with Crippen molar-refractivity contribution in [2.24, 2.45) is 0 Å². The molecular formula is C18H26N2O6. The monoisotopic (exact) mass is 366 g/mol. The van der Waals surface area contributed by atoms with Gasteiger partial charge in [-0.1, -0.05) is 30.3 Å². The summed E-state index contributed by atoms with van der Waals surface area (Å²) in [7, 11) is 0. The number of likely N-dealkylation sites (tertiary alicyclic amines) is 1.